The van der Waals surface area contributed by atoms with Crippen LogP contribution in [0, 0.1) is 13.8 Å². The van der Waals surface area contributed by atoms with E-state index in [1.54, 1.807) is 0 Å². The van der Waals surface area contributed by atoms with E-state index in [4.69, 9.17) is 0 Å². The summed E-state index contributed by atoms with van der Waals surface area (Å²) in [5, 5.41) is 1.01. The number of aromatic nitrogens is 1. The van der Waals surface area contributed by atoms with Gasteiger partial charge in [0.2, 0.25) is 0 Å². The SMILES string of the molecule is Cc1cccc(CC(=O)c2c[nH]c3cc(C)ccc23)c1. The van der Waals surface area contributed by atoms with Gasteiger partial charge in [0.25, 0.3) is 0 Å². The van der Waals surface area contributed by atoms with E-state index >= 15 is 0 Å². The van der Waals surface area contributed by atoms with Crippen molar-refractivity contribution >= 4 is 16.7 Å². The van der Waals surface area contributed by atoms with E-state index < -0.39 is 0 Å². The molecular weight excluding hydrogens is 246 g/mol. The number of carbonyl (C=O) groups is 1. The van der Waals surface area contributed by atoms with Crippen LogP contribution < -0.4 is 0 Å². The minimum absolute atomic E-state index is 0.158. The zero-order chi connectivity index (χ0) is 14.1. The molecule has 0 saturated heterocycles. The zero-order valence-electron chi connectivity index (χ0n) is 11.7. The summed E-state index contributed by atoms with van der Waals surface area (Å²) in [4.78, 5) is 15.7. The quantitative estimate of drug-likeness (QED) is 0.705. The molecule has 3 rings (SSSR count). The smallest absolute Gasteiger partial charge is 0.169 e. The fourth-order valence-corrected chi connectivity index (χ4v) is 2.57. The van der Waals surface area contributed by atoms with Gasteiger partial charge in [0.15, 0.2) is 5.78 Å². The highest BCUT2D eigenvalue weighted by atomic mass is 16.1. The fraction of sp³-hybridized carbons (Fsp3) is 0.167. The molecule has 0 radical (unpaired) electrons. The summed E-state index contributed by atoms with van der Waals surface area (Å²) in [6.45, 7) is 4.09. The van der Waals surface area contributed by atoms with Gasteiger partial charge in [0.05, 0.1) is 0 Å². The summed E-state index contributed by atoms with van der Waals surface area (Å²) >= 11 is 0. The molecule has 0 atom stereocenters. The maximum Gasteiger partial charge on any atom is 0.169 e. The van der Waals surface area contributed by atoms with Gasteiger partial charge in [0, 0.05) is 29.1 Å². The Morgan fingerprint density at radius 1 is 1.05 bits per heavy atom. The highest BCUT2D eigenvalue weighted by molar-refractivity contribution is 6.08. The number of H-pyrrole nitrogens is 1. The minimum atomic E-state index is 0.158. The van der Waals surface area contributed by atoms with Gasteiger partial charge in [-0.15, -0.1) is 0 Å². The second kappa shape index (κ2) is 4.97. The second-order valence-corrected chi connectivity index (χ2v) is 5.34. The second-order valence-electron chi connectivity index (χ2n) is 5.34. The van der Waals surface area contributed by atoms with Crippen molar-refractivity contribution in [2.45, 2.75) is 20.3 Å². The molecule has 2 nitrogen and oxygen atoms in total. The van der Waals surface area contributed by atoms with Gasteiger partial charge in [-0.2, -0.15) is 0 Å². The Bertz CT molecular complexity index is 783. The number of ketones is 1. The van der Waals surface area contributed by atoms with Crippen molar-refractivity contribution in [2.24, 2.45) is 0 Å². The van der Waals surface area contributed by atoms with Crippen LogP contribution in [0.4, 0.5) is 0 Å². The maximum absolute atomic E-state index is 12.5. The molecule has 2 aromatic carbocycles. The van der Waals surface area contributed by atoms with Gasteiger partial charge in [-0.25, -0.2) is 0 Å². The van der Waals surface area contributed by atoms with Crippen molar-refractivity contribution in [3.8, 4) is 0 Å². The topological polar surface area (TPSA) is 32.9 Å². The first kappa shape index (κ1) is 12.7. The number of fused-ring (bicyclic) bond motifs is 1. The molecule has 0 bridgehead atoms. The number of Topliss-reactive ketones (excluding diaryl/α,β-unsaturated/α-hetero) is 1. The van der Waals surface area contributed by atoms with Crippen molar-refractivity contribution < 1.29 is 4.79 Å². The Morgan fingerprint density at radius 3 is 2.65 bits per heavy atom. The van der Waals surface area contributed by atoms with Gasteiger partial charge >= 0.3 is 0 Å². The average molecular weight is 263 g/mol. The number of benzene rings is 2. The lowest BCUT2D eigenvalue weighted by Crippen LogP contribution is -2.02. The Labute approximate surface area is 118 Å². The molecule has 0 spiro atoms. The lowest BCUT2D eigenvalue weighted by Gasteiger charge is -2.02. The van der Waals surface area contributed by atoms with E-state index in [0.29, 0.717) is 6.42 Å². The van der Waals surface area contributed by atoms with Crippen LogP contribution >= 0.6 is 0 Å². The number of carbonyl (C=O) groups excluding carboxylic acids is 1. The van der Waals surface area contributed by atoms with E-state index in [1.165, 1.54) is 11.1 Å². The van der Waals surface area contributed by atoms with E-state index in [0.717, 1.165) is 22.0 Å². The van der Waals surface area contributed by atoms with Crippen LogP contribution in [0.3, 0.4) is 0 Å². The monoisotopic (exact) mass is 263 g/mol. The summed E-state index contributed by atoms with van der Waals surface area (Å²) in [6.07, 6.45) is 2.27. The summed E-state index contributed by atoms with van der Waals surface area (Å²) in [5.74, 6) is 0.158. The zero-order valence-corrected chi connectivity index (χ0v) is 11.7. The summed E-state index contributed by atoms with van der Waals surface area (Å²) < 4.78 is 0. The molecule has 100 valence electrons. The molecule has 1 N–H and O–H groups in total. The number of hydrogen-bond donors (Lipinski definition) is 1. The summed E-state index contributed by atoms with van der Waals surface area (Å²) in [7, 11) is 0. The van der Waals surface area contributed by atoms with Crippen molar-refractivity contribution in [1.29, 1.82) is 0 Å². The molecule has 0 aliphatic heterocycles. The van der Waals surface area contributed by atoms with Crippen LogP contribution in [0.1, 0.15) is 27.0 Å². The standard InChI is InChI=1S/C18H17NO/c1-12-4-3-5-14(8-12)10-18(20)16-11-19-17-9-13(2)6-7-15(16)17/h3-9,11,19H,10H2,1-2H3. The number of aryl methyl sites for hydroxylation is 2. The van der Waals surface area contributed by atoms with Gasteiger partial charge in [-0.3, -0.25) is 4.79 Å². The number of aromatic amines is 1. The van der Waals surface area contributed by atoms with Crippen molar-refractivity contribution in [2.75, 3.05) is 0 Å². The molecule has 2 heteroatoms. The molecule has 20 heavy (non-hydrogen) atoms. The predicted molar refractivity (Wildman–Crippen MR) is 82.2 cm³/mol. The normalized spacial score (nSPS) is 10.9. The lowest BCUT2D eigenvalue weighted by molar-refractivity contribution is 0.0994. The molecular formula is C18H17NO. The van der Waals surface area contributed by atoms with Crippen LogP contribution in [0.15, 0.2) is 48.7 Å². The molecule has 0 fully saturated rings. The Kier molecular flexibility index (Phi) is 3.15. The first-order chi connectivity index (χ1) is 9.63. The Morgan fingerprint density at radius 2 is 1.85 bits per heavy atom. The van der Waals surface area contributed by atoms with Gasteiger partial charge in [0.1, 0.15) is 0 Å². The molecule has 0 amide bonds. The first-order valence-electron chi connectivity index (χ1n) is 6.80. The third-order valence-corrected chi connectivity index (χ3v) is 3.58. The first-order valence-corrected chi connectivity index (χ1v) is 6.80. The van der Waals surface area contributed by atoms with Crippen LogP contribution in [0.25, 0.3) is 10.9 Å². The van der Waals surface area contributed by atoms with E-state index in [-0.39, 0.29) is 5.78 Å². The molecule has 0 aliphatic carbocycles. The molecule has 1 aromatic heterocycles. The predicted octanol–water partition coefficient (Wildman–Crippen LogP) is 4.21. The molecule has 0 saturated carbocycles. The van der Waals surface area contributed by atoms with E-state index in [2.05, 4.69) is 24.0 Å². The Hall–Kier alpha value is -2.35. The van der Waals surface area contributed by atoms with Crippen LogP contribution in [0.2, 0.25) is 0 Å². The molecule has 1 heterocycles. The molecule has 0 unspecified atom stereocenters. The summed E-state index contributed by atoms with van der Waals surface area (Å²) in [6, 6.07) is 14.2. The third-order valence-electron chi connectivity index (χ3n) is 3.58. The average Bonchev–Trinajstić information content (AvgIpc) is 2.81. The highest BCUT2D eigenvalue weighted by Crippen LogP contribution is 2.21. The fourth-order valence-electron chi connectivity index (χ4n) is 2.57. The van der Waals surface area contributed by atoms with Crippen LogP contribution in [0.5, 0.6) is 0 Å². The van der Waals surface area contributed by atoms with Gasteiger partial charge in [-0.05, 0) is 31.0 Å². The number of rotatable bonds is 3. The minimum Gasteiger partial charge on any atom is -0.360 e. The van der Waals surface area contributed by atoms with E-state index in [9.17, 15) is 4.79 Å². The van der Waals surface area contributed by atoms with Crippen LogP contribution in [-0.2, 0) is 6.42 Å². The molecule has 0 aliphatic rings. The highest BCUT2D eigenvalue weighted by Gasteiger charge is 2.12. The van der Waals surface area contributed by atoms with Gasteiger partial charge < -0.3 is 4.98 Å². The van der Waals surface area contributed by atoms with Crippen molar-refractivity contribution in [3.63, 3.8) is 0 Å². The summed E-state index contributed by atoms with van der Waals surface area (Å²) in [5.41, 5.74) is 5.25. The number of hydrogen-bond acceptors (Lipinski definition) is 1. The number of nitrogens with one attached hydrogen (secondary N) is 1. The van der Waals surface area contributed by atoms with Crippen molar-refractivity contribution in [1.82, 2.24) is 4.98 Å². The lowest BCUT2D eigenvalue weighted by atomic mass is 10.0. The Balaban J connectivity index is 1.93. The molecule has 3 aromatic rings. The largest absolute Gasteiger partial charge is 0.360 e. The van der Waals surface area contributed by atoms with Crippen LogP contribution in [-0.4, -0.2) is 10.8 Å². The van der Waals surface area contributed by atoms with E-state index in [1.807, 2.05) is 43.5 Å². The maximum atomic E-state index is 12.5. The van der Waals surface area contributed by atoms with Gasteiger partial charge in [-0.1, -0.05) is 42.0 Å². The van der Waals surface area contributed by atoms with Crippen molar-refractivity contribution in [3.05, 3.63) is 70.9 Å². The third kappa shape index (κ3) is 2.37.